The molecule has 0 spiro atoms. The number of aryl methyl sites for hydroxylation is 1. The zero-order valence-electron chi connectivity index (χ0n) is 13.7. The van der Waals surface area contributed by atoms with Crippen molar-refractivity contribution in [2.75, 3.05) is 5.32 Å². The van der Waals surface area contributed by atoms with E-state index in [1.807, 2.05) is 31.2 Å². The van der Waals surface area contributed by atoms with E-state index >= 15 is 0 Å². The van der Waals surface area contributed by atoms with Gasteiger partial charge in [0.25, 0.3) is 5.91 Å². The van der Waals surface area contributed by atoms with Crippen molar-refractivity contribution in [2.24, 2.45) is 0 Å². The average molecular weight is 336 g/mol. The summed E-state index contributed by atoms with van der Waals surface area (Å²) in [4.78, 5) is 20.4. The summed E-state index contributed by atoms with van der Waals surface area (Å²) in [5.41, 5.74) is 2.71. The highest BCUT2D eigenvalue weighted by Crippen LogP contribution is 2.17. The lowest BCUT2D eigenvalue weighted by Crippen LogP contribution is -2.23. The first-order chi connectivity index (χ1) is 12.1. The molecule has 2 aromatic carbocycles. The fourth-order valence-corrected chi connectivity index (χ4v) is 2.26. The van der Waals surface area contributed by atoms with Crippen molar-refractivity contribution in [3.63, 3.8) is 0 Å². The second kappa shape index (κ2) is 7.53. The lowest BCUT2D eigenvalue weighted by atomic mass is 10.2. The maximum atomic E-state index is 13.6. The highest BCUT2D eigenvalue weighted by molar-refractivity contribution is 5.93. The summed E-state index contributed by atoms with van der Waals surface area (Å²) in [6.45, 7) is 2.08. The predicted octanol–water partition coefficient (Wildman–Crippen LogP) is 3.60. The standard InChI is InChI=1S/C19H17FN4O/c1-13-6-2-5-9-17(13)24-19-22-11-15(12-23-19)18(25)21-10-14-7-3-4-8-16(14)20/h2-9,11-12H,10H2,1H3,(H,21,25)(H,22,23,24). The van der Waals surface area contributed by atoms with E-state index in [0.717, 1.165) is 11.3 Å². The fourth-order valence-electron chi connectivity index (χ4n) is 2.26. The van der Waals surface area contributed by atoms with Gasteiger partial charge in [-0.2, -0.15) is 0 Å². The number of carbonyl (C=O) groups excluding carboxylic acids is 1. The molecule has 1 heterocycles. The number of carbonyl (C=O) groups is 1. The first-order valence-corrected chi connectivity index (χ1v) is 7.80. The summed E-state index contributed by atoms with van der Waals surface area (Å²) >= 11 is 0. The number of halogens is 1. The molecule has 3 aromatic rings. The van der Waals surface area contributed by atoms with Gasteiger partial charge in [-0.25, -0.2) is 14.4 Å². The maximum absolute atomic E-state index is 13.6. The summed E-state index contributed by atoms with van der Waals surface area (Å²) < 4.78 is 13.6. The van der Waals surface area contributed by atoms with Gasteiger partial charge >= 0.3 is 0 Å². The Balaban J connectivity index is 1.63. The van der Waals surface area contributed by atoms with Crippen LogP contribution in [0, 0.1) is 12.7 Å². The Bertz CT molecular complexity index is 881. The first-order valence-electron chi connectivity index (χ1n) is 7.80. The number of nitrogens with one attached hydrogen (secondary N) is 2. The van der Waals surface area contributed by atoms with E-state index < -0.39 is 0 Å². The van der Waals surface area contributed by atoms with Gasteiger partial charge in [0.15, 0.2) is 0 Å². The third-order valence-electron chi connectivity index (χ3n) is 3.70. The van der Waals surface area contributed by atoms with Crippen LogP contribution in [0.2, 0.25) is 0 Å². The third kappa shape index (κ3) is 4.17. The lowest BCUT2D eigenvalue weighted by molar-refractivity contribution is 0.0950. The smallest absolute Gasteiger partial charge is 0.254 e. The summed E-state index contributed by atoms with van der Waals surface area (Å²) in [7, 11) is 0. The molecule has 0 fully saturated rings. The van der Waals surface area contributed by atoms with Crippen molar-refractivity contribution in [3.8, 4) is 0 Å². The molecule has 1 amide bonds. The van der Waals surface area contributed by atoms with Crippen LogP contribution in [0.25, 0.3) is 0 Å². The van der Waals surface area contributed by atoms with Gasteiger partial charge in [0.05, 0.1) is 5.56 Å². The Morgan fingerprint density at radius 1 is 1.04 bits per heavy atom. The lowest BCUT2D eigenvalue weighted by Gasteiger charge is -2.08. The fraction of sp³-hybridized carbons (Fsp3) is 0.105. The number of hydrogen-bond donors (Lipinski definition) is 2. The molecule has 1 aromatic heterocycles. The average Bonchev–Trinajstić information content (AvgIpc) is 2.63. The molecule has 0 atom stereocenters. The van der Waals surface area contributed by atoms with E-state index in [4.69, 9.17) is 0 Å². The quantitative estimate of drug-likeness (QED) is 0.747. The molecule has 0 saturated carbocycles. The maximum Gasteiger partial charge on any atom is 0.254 e. The van der Waals surface area contributed by atoms with Crippen LogP contribution < -0.4 is 10.6 Å². The Hall–Kier alpha value is -3.28. The number of anilines is 2. The van der Waals surface area contributed by atoms with Crippen molar-refractivity contribution in [2.45, 2.75) is 13.5 Å². The SMILES string of the molecule is Cc1ccccc1Nc1ncc(C(=O)NCc2ccccc2F)cn1. The van der Waals surface area contributed by atoms with Gasteiger partial charge in [0.2, 0.25) is 5.95 Å². The van der Waals surface area contributed by atoms with E-state index in [2.05, 4.69) is 20.6 Å². The molecule has 3 rings (SSSR count). The second-order valence-corrected chi connectivity index (χ2v) is 5.51. The van der Waals surface area contributed by atoms with Crippen molar-refractivity contribution in [3.05, 3.63) is 83.4 Å². The number of aromatic nitrogens is 2. The number of para-hydroxylation sites is 1. The van der Waals surface area contributed by atoms with Crippen LogP contribution in [0.4, 0.5) is 16.0 Å². The molecule has 0 aliphatic rings. The van der Waals surface area contributed by atoms with E-state index in [9.17, 15) is 9.18 Å². The monoisotopic (exact) mass is 336 g/mol. The molecule has 0 aliphatic heterocycles. The van der Waals surface area contributed by atoms with E-state index in [1.54, 1.807) is 18.2 Å². The van der Waals surface area contributed by atoms with Crippen molar-refractivity contribution in [1.82, 2.24) is 15.3 Å². The minimum atomic E-state index is -0.356. The largest absolute Gasteiger partial charge is 0.348 e. The number of amides is 1. The van der Waals surface area contributed by atoms with Crippen molar-refractivity contribution in [1.29, 1.82) is 0 Å². The normalized spacial score (nSPS) is 10.3. The predicted molar refractivity (Wildman–Crippen MR) is 94.1 cm³/mol. The van der Waals surface area contributed by atoms with Crippen LogP contribution in [0.5, 0.6) is 0 Å². The molecule has 0 saturated heterocycles. The summed E-state index contributed by atoms with van der Waals surface area (Å²) in [5.74, 6) is -0.303. The minimum absolute atomic E-state index is 0.106. The van der Waals surface area contributed by atoms with Crippen molar-refractivity contribution >= 4 is 17.5 Å². The Morgan fingerprint density at radius 2 is 1.72 bits per heavy atom. The second-order valence-electron chi connectivity index (χ2n) is 5.51. The first kappa shape index (κ1) is 16.6. The molecular weight excluding hydrogens is 319 g/mol. The van der Waals surface area contributed by atoms with Gasteiger partial charge in [-0.3, -0.25) is 4.79 Å². The molecule has 2 N–H and O–H groups in total. The molecule has 126 valence electrons. The van der Waals surface area contributed by atoms with E-state index in [-0.39, 0.29) is 18.3 Å². The highest BCUT2D eigenvalue weighted by Gasteiger charge is 2.09. The third-order valence-corrected chi connectivity index (χ3v) is 3.70. The van der Waals surface area contributed by atoms with Crippen LogP contribution in [-0.2, 0) is 6.54 Å². The molecule has 0 bridgehead atoms. The van der Waals surface area contributed by atoms with Crippen LogP contribution in [0.15, 0.2) is 60.9 Å². The molecule has 5 nitrogen and oxygen atoms in total. The molecule has 0 radical (unpaired) electrons. The van der Waals surface area contributed by atoms with E-state index in [0.29, 0.717) is 17.1 Å². The molecule has 0 unspecified atom stereocenters. The minimum Gasteiger partial charge on any atom is -0.348 e. The molecule has 6 heteroatoms. The topological polar surface area (TPSA) is 66.9 Å². The van der Waals surface area contributed by atoms with Crippen LogP contribution in [-0.4, -0.2) is 15.9 Å². The van der Waals surface area contributed by atoms with Crippen LogP contribution in [0.1, 0.15) is 21.5 Å². The van der Waals surface area contributed by atoms with Gasteiger partial charge in [-0.1, -0.05) is 36.4 Å². The zero-order valence-corrected chi connectivity index (χ0v) is 13.7. The Labute approximate surface area is 145 Å². The van der Waals surface area contributed by atoms with Crippen LogP contribution in [0.3, 0.4) is 0 Å². The molecule has 25 heavy (non-hydrogen) atoms. The van der Waals surface area contributed by atoms with Gasteiger partial charge in [0, 0.05) is 30.2 Å². The Kier molecular flexibility index (Phi) is 4.99. The molecular formula is C19H17FN4O. The van der Waals surface area contributed by atoms with Crippen LogP contribution >= 0.6 is 0 Å². The van der Waals surface area contributed by atoms with Gasteiger partial charge in [0.1, 0.15) is 5.82 Å². The number of benzene rings is 2. The van der Waals surface area contributed by atoms with Gasteiger partial charge < -0.3 is 10.6 Å². The highest BCUT2D eigenvalue weighted by atomic mass is 19.1. The Morgan fingerprint density at radius 3 is 2.44 bits per heavy atom. The number of rotatable bonds is 5. The summed E-state index contributed by atoms with van der Waals surface area (Å²) in [5, 5.41) is 5.76. The zero-order chi connectivity index (χ0) is 17.6. The van der Waals surface area contributed by atoms with Gasteiger partial charge in [-0.15, -0.1) is 0 Å². The number of hydrogen-bond acceptors (Lipinski definition) is 4. The van der Waals surface area contributed by atoms with Crippen molar-refractivity contribution < 1.29 is 9.18 Å². The molecule has 0 aliphatic carbocycles. The summed E-state index contributed by atoms with van der Waals surface area (Å²) in [6, 6.07) is 14.1. The number of nitrogens with zero attached hydrogens (tertiary/aromatic N) is 2. The van der Waals surface area contributed by atoms with Gasteiger partial charge in [-0.05, 0) is 24.6 Å². The summed E-state index contributed by atoms with van der Waals surface area (Å²) in [6.07, 6.45) is 2.87. The van der Waals surface area contributed by atoms with E-state index in [1.165, 1.54) is 18.5 Å².